The van der Waals surface area contributed by atoms with E-state index in [9.17, 15) is 0 Å². The predicted molar refractivity (Wildman–Crippen MR) is 47.0 cm³/mol. The maximum atomic E-state index is 3.32. The Morgan fingerprint density at radius 2 is 2.27 bits per heavy atom. The molecule has 1 heteroatoms. The van der Waals surface area contributed by atoms with Crippen molar-refractivity contribution in [3.8, 4) is 0 Å². The second-order valence-corrected chi connectivity index (χ2v) is 2.77. The zero-order valence-corrected chi connectivity index (χ0v) is 6.33. The summed E-state index contributed by atoms with van der Waals surface area (Å²) in [5.74, 6) is 0. The Hall–Kier alpha value is -1.24. The van der Waals surface area contributed by atoms with Gasteiger partial charge in [-0.2, -0.15) is 0 Å². The van der Waals surface area contributed by atoms with Gasteiger partial charge in [0.2, 0.25) is 0 Å². The summed E-state index contributed by atoms with van der Waals surface area (Å²) in [5.41, 5.74) is 1.37. The molecule has 0 saturated heterocycles. The van der Waals surface area contributed by atoms with Crippen LogP contribution < -0.4 is 5.32 Å². The highest BCUT2D eigenvalue weighted by Crippen LogP contribution is 2.15. The molecule has 56 valence electrons. The molecule has 0 amide bonds. The van der Waals surface area contributed by atoms with E-state index >= 15 is 0 Å². The van der Waals surface area contributed by atoms with E-state index in [1.54, 1.807) is 0 Å². The first-order chi connectivity index (χ1) is 5.47. The molecule has 0 bridgehead atoms. The van der Waals surface area contributed by atoms with E-state index in [1.807, 2.05) is 12.3 Å². The summed E-state index contributed by atoms with van der Waals surface area (Å²) in [6.45, 7) is 0. The number of hydrogen-bond acceptors (Lipinski definition) is 1. The fourth-order valence-corrected chi connectivity index (χ4v) is 1.38. The summed E-state index contributed by atoms with van der Waals surface area (Å²) in [6.07, 6.45) is 15.8. The quantitative estimate of drug-likeness (QED) is 0.549. The van der Waals surface area contributed by atoms with Crippen LogP contribution in [0.25, 0.3) is 0 Å². The number of hydrogen-bond donors (Lipinski definition) is 1. The monoisotopic (exact) mass is 145 g/mol. The molecule has 1 heterocycles. The van der Waals surface area contributed by atoms with Crippen LogP contribution in [0, 0.1) is 0 Å². The van der Waals surface area contributed by atoms with Gasteiger partial charge in [0.25, 0.3) is 0 Å². The molecule has 0 aromatic rings. The normalized spacial score (nSPS) is 26.9. The maximum Gasteiger partial charge on any atom is 0.0542 e. The first-order valence-corrected chi connectivity index (χ1v) is 3.93. The molecule has 1 unspecified atom stereocenters. The highest BCUT2D eigenvalue weighted by atomic mass is 14.9. The molecule has 1 nitrogen and oxygen atoms in total. The number of rotatable bonds is 0. The van der Waals surface area contributed by atoms with Crippen molar-refractivity contribution < 1.29 is 0 Å². The van der Waals surface area contributed by atoms with Gasteiger partial charge >= 0.3 is 0 Å². The van der Waals surface area contributed by atoms with Gasteiger partial charge in [-0.15, -0.1) is 0 Å². The third-order valence-corrected chi connectivity index (χ3v) is 1.99. The molecule has 0 aromatic heterocycles. The summed E-state index contributed by atoms with van der Waals surface area (Å²) < 4.78 is 0. The first-order valence-electron chi connectivity index (χ1n) is 3.93. The van der Waals surface area contributed by atoms with Crippen LogP contribution in [0.5, 0.6) is 0 Å². The molecule has 11 heavy (non-hydrogen) atoms. The number of allylic oxidation sites excluding steroid dienone is 4. The Bertz CT molecular complexity index is 254. The van der Waals surface area contributed by atoms with Crippen LogP contribution in [0.15, 0.2) is 48.2 Å². The van der Waals surface area contributed by atoms with E-state index in [2.05, 4.69) is 35.7 Å². The molecule has 1 atom stereocenters. The van der Waals surface area contributed by atoms with Crippen molar-refractivity contribution >= 4 is 0 Å². The average molecular weight is 145 g/mol. The van der Waals surface area contributed by atoms with Gasteiger partial charge in [-0.05, 0) is 24.3 Å². The molecule has 0 fully saturated rings. The summed E-state index contributed by atoms with van der Waals surface area (Å²) in [4.78, 5) is 0. The lowest BCUT2D eigenvalue weighted by atomic mass is 9.99. The molecule has 2 aliphatic rings. The summed E-state index contributed by atoms with van der Waals surface area (Å²) in [7, 11) is 0. The molecule has 0 radical (unpaired) electrons. The van der Waals surface area contributed by atoms with Gasteiger partial charge in [0.1, 0.15) is 0 Å². The molecule has 0 saturated carbocycles. The van der Waals surface area contributed by atoms with Crippen molar-refractivity contribution in [2.75, 3.05) is 0 Å². The minimum Gasteiger partial charge on any atom is -0.384 e. The zero-order valence-electron chi connectivity index (χ0n) is 6.33. The minimum absolute atomic E-state index is 0.495. The molecule has 1 N–H and O–H groups in total. The minimum atomic E-state index is 0.495. The van der Waals surface area contributed by atoms with Crippen molar-refractivity contribution in [2.45, 2.75) is 12.5 Å². The lowest BCUT2D eigenvalue weighted by molar-refractivity contribution is 0.683. The Kier molecular flexibility index (Phi) is 1.64. The van der Waals surface area contributed by atoms with Crippen molar-refractivity contribution in [1.29, 1.82) is 0 Å². The van der Waals surface area contributed by atoms with E-state index in [1.165, 1.54) is 5.57 Å². The van der Waals surface area contributed by atoms with Gasteiger partial charge in [0.15, 0.2) is 0 Å². The van der Waals surface area contributed by atoms with Crippen LogP contribution in [0.4, 0.5) is 0 Å². The van der Waals surface area contributed by atoms with Crippen LogP contribution in [0.1, 0.15) is 6.42 Å². The van der Waals surface area contributed by atoms with Crippen molar-refractivity contribution in [3.05, 3.63) is 48.2 Å². The molecule has 1 aliphatic heterocycles. The van der Waals surface area contributed by atoms with Crippen LogP contribution in [-0.4, -0.2) is 6.04 Å². The van der Waals surface area contributed by atoms with Gasteiger partial charge in [-0.25, -0.2) is 0 Å². The van der Waals surface area contributed by atoms with Crippen LogP contribution >= 0.6 is 0 Å². The van der Waals surface area contributed by atoms with Crippen molar-refractivity contribution in [3.63, 3.8) is 0 Å². The number of nitrogens with one attached hydrogen (secondary N) is 1. The lowest BCUT2D eigenvalue weighted by Crippen LogP contribution is -2.25. The molecule has 2 rings (SSSR count). The molecular formula is C10H11N. The van der Waals surface area contributed by atoms with Gasteiger partial charge < -0.3 is 5.32 Å². The Morgan fingerprint density at radius 3 is 3.27 bits per heavy atom. The van der Waals surface area contributed by atoms with Crippen LogP contribution in [0.2, 0.25) is 0 Å². The third kappa shape index (κ3) is 1.27. The van der Waals surface area contributed by atoms with Crippen molar-refractivity contribution in [2.24, 2.45) is 0 Å². The van der Waals surface area contributed by atoms with E-state index in [0.717, 1.165) is 6.42 Å². The fraction of sp³-hybridized carbons (Fsp3) is 0.200. The second kappa shape index (κ2) is 2.79. The summed E-state index contributed by atoms with van der Waals surface area (Å²) >= 11 is 0. The molecular weight excluding hydrogens is 134 g/mol. The van der Waals surface area contributed by atoms with E-state index < -0.39 is 0 Å². The van der Waals surface area contributed by atoms with Crippen molar-refractivity contribution in [1.82, 2.24) is 5.32 Å². The largest absolute Gasteiger partial charge is 0.384 e. The summed E-state index contributed by atoms with van der Waals surface area (Å²) in [6, 6.07) is 0.495. The van der Waals surface area contributed by atoms with Crippen LogP contribution in [0.3, 0.4) is 0 Å². The highest BCUT2D eigenvalue weighted by molar-refractivity contribution is 5.36. The van der Waals surface area contributed by atoms with Gasteiger partial charge in [0.05, 0.1) is 6.04 Å². The second-order valence-electron chi connectivity index (χ2n) is 2.77. The SMILES string of the molecule is C1=CCC2NC=CC=CC2=C1. The topological polar surface area (TPSA) is 12.0 Å². The van der Waals surface area contributed by atoms with E-state index in [0.29, 0.717) is 6.04 Å². The lowest BCUT2D eigenvalue weighted by Gasteiger charge is -2.17. The zero-order chi connectivity index (χ0) is 7.52. The Morgan fingerprint density at radius 1 is 1.27 bits per heavy atom. The highest BCUT2D eigenvalue weighted by Gasteiger charge is 2.11. The van der Waals surface area contributed by atoms with Gasteiger partial charge in [0, 0.05) is 0 Å². The molecule has 0 spiro atoms. The van der Waals surface area contributed by atoms with E-state index in [4.69, 9.17) is 0 Å². The smallest absolute Gasteiger partial charge is 0.0542 e. The standard InChI is InChI=1S/C10H11N/c1-2-7-10-9(5-1)6-3-4-8-11-10/h1-6,8,10-11H,7H2. The predicted octanol–water partition coefficient (Wildman–Crippen LogP) is 1.91. The van der Waals surface area contributed by atoms with Gasteiger partial charge in [-0.3, -0.25) is 0 Å². The Balaban J connectivity index is 2.27. The third-order valence-electron chi connectivity index (χ3n) is 1.99. The molecule has 0 aromatic carbocycles. The van der Waals surface area contributed by atoms with E-state index in [-0.39, 0.29) is 0 Å². The molecule has 1 aliphatic carbocycles. The fourth-order valence-electron chi connectivity index (χ4n) is 1.38. The Labute approximate surface area is 66.8 Å². The average Bonchev–Trinajstić information content (AvgIpc) is 2.28. The summed E-state index contributed by atoms with van der Waals surface area (Å²) in [5, 5.41) is 3.32. The van der Waals surface area contributed by atoms with Crippen LogP contribution in [-0.2, 0) is 0 Å². The van der Waals surface area contributed by atoms with Gasteiger partial charge in [-0.1, -0.05) is 30.4 Å². The first kappa shape index (κ1) is 6.47. The number of fused-ring (bicyclic) bond motifs is 1. The maximum absolute atomic E-state index is 3.32.